The van der Waals surface area contributed by atoms with Gasteiger partial charge >= 0.3 is 0 Å². The van der Waals surface area contributed by atoms with E-state index in [1.165, 1.54) is 0 Å². The lowest BCUT2D eigenvalue weighted by molar-refractivity contribution is 0.0815. The summed E-state index contributed by atoms with van der Waals surface area (Å²) in [4.78, 5) is 0. The maximum Gasteiger partial charge on any atom is 0.193 e. The topological polar surface area (TPSA) is 18.5 Å². The monoisotopic (exact) mass is 328 g/mol. The molecule has 0 fully saturated rings. The summed E-state index contributed by atoms with van der Waals surface area (Å²) in [6.45, 7) is 24.4. The number of hydrogen-bond donors (Lipinski definition) is 0. The highest BCUT2D eigenvalue weighted by atomic mass is 28.4. The van der Waals surface area contributed by atoms with E-state index in [0.29, 0.717) is 0 Å². The van der Waals surface area contributed by atoms with Gasteiger partial charge in [-0.3, -0.25) is 0 Å². The van der Waals surface area contributed by atoms with Crippen molar-refractivity contribution in [3.63, 3.8) is 0 Å². The average molecular weight is 329 g/mol. The molecule has 0 N–H and O–H groups in total. The molecule has 0 heterocycles. The Labute approximate surface area is 135 Å². The predicted octanol–water partition coefficient (Wildman–Crippen LogP) is 5.42. The third-order valence-corrected chi connectivity index (χ3v) is 14.1. The fraction of sp³-hybridized carbons (Fsp3) is 0.882. The Morgan fingerprint density at radius 3 is 1.43 bits per heavy atom. The van der Waals surface area contributed by atoms with Gasteiger partial charge in [0.05, 0.1) is 6.10 Å². The van der Waals surface area contributed by atoms with E-state index >= 15 is 0 Å². The van der Waals surface area contributed by atoms with Crippen molar-refractivity contribution in [2.75, 3.05) is 0 Å². The molecule has 2 atom stereocenters. The fourth-order valence-corrected chi connectivity index (χ4v) is 4.12. The van der Waals surface area contributed by atoms with Gasteiger partial charge in [-0.1, -0.05) is 47.5 Å². The zero-order valence-electron chi connectivity index (χ0n) is 16.0. The zero-order valence-corrected chi connectivity index (χ0v) is 18.0. The van der Waals surface area contributed by atoms with E-state index in [1.807, 2.05) is 0 Å². The van der Waals surface area contributed by atoms with Crippen molar-refractivity contribution < 1.29 is 8.85 Å². The van der Waals surface area contributed by atoms with Crippen molar-refractivity contribution in [2.24, 2.45) is 0 Å². The first-order chi connectivity index (χ1) is 9.05. The quantitative estimate of drug-likeness (QED) is 0.495. The smallest absolute Gasteiger partial charge is 0.193 e. The van der Waals surface area contributed by atoms with Gasteiger partial charge in [0.2, 0.25) is 0 Å². The van der Waals surface area contributed by atoms with Crippen molar-refractivity contribution in [2.45, 2.75) is 96.9 Å². The molecule has 21 heavy (non-hydrogen) atoms. The summed E-state index contributed by atoms with van der Waals surface area (Å²) in [5.74, 6) is 2.81. The highest BCUT2D eigenvalue weighted by Gasteiger charge is 2.43. The van der Waals surface area contributed by atoms with Crippen LogP contribution in [-0.2, 0) is 8.85 Å². The lowest BCUT2D eigenvalue weighted by Gasteiger charge is -2.43. The minimum Gasteiger partial charge on any atom is -0.411 e. The molecule has 0 rings (SSSR count). The summed E-state index contributed by atoms with van der Waals surface area (Å²) in [6, 6.07) is 0. The van der Waals surface area contributed by atoms with E-state index in [4.69, 9.17) is 15.3 Å². The van der Waals surface area contributed by atoms with Crippen LogP contribution in [0.4, 0.5) is 0 Å². The summed E-state index contributed by atoms with van der Waals surface area (Å²) < 4.78 is 12.8. The van der Waals surface area contributed by atoms with Gasteiger partial charge in [0.25, 0.3) is 0 Å². The van der Waals surface area contributed by atoms with Crippen LogP contribution >= 0.6 is 0 Å². The van der Waals surface area contributed by atoms with Gasteiger partial charge in [0.15, 0.2) is 16.6 Å². The van der Waals surface area contributed by atoms with Crippen molar-refractivity contribution in [1.29, 1.82) is 0 Å². The van der Waals surface area contributed by atoms with Crippen LogP contribution in [0.3, 0.4) is 0 Å². The SMILES string of the molecule is C#C[C@@H](O[Si](C)(C)C(C)(C)C)[C@H](C)O[Si](C)(C)C(C)(C)C. The molecule has 0 bridgehead atoms. The normalized spacial score (nSPS) is 17.2. The van der Waals surface area contributed by atoms with E-state index in [1.54, 1.807) is 0 Å². The van der Waals surface area contributed by atoms with Crippen molar-refractivity contribution in [1.82, 2.24) is 0 Å². The van der Waals surface area contributed by atoms with Crippen LogP contribution in [-0.4, -0.2) is 28.8 Å². The molecule has 0 aliphatic heterocycles. The molecule has 0 saturated carbocycles. The lowest BCUT2D eigenvalue weighted by atomic mass is 10.2. The van der Waals surface area contributed by atoms with E-state index in [9.17, 15) is 0 Å². The Kier molecular flexibility index (Phi) is 6.55. The molecular weight excluding hydrogens is 292 g/mol. The van der Waals surface area contributed by atoms with E-state index in [-0.39, 0.29) is 22.3 Å². The van der Waals surface area contributed by atoms with Crippen molar-refractivity contribution in [3.05, 3.63) is 0 Å². The van der Waals surface area contributed by atoms with Gasteiger partial charge in [0.1, 0.15) is 6.10 Å². The summed E-state index contributed by atoms with van der Waals surface area (Å²) >= 11 is 0. The fourth-order valence-electron chi connectivity index (χ4n) is 1.46. The van der Waals surface area contributed by atoms with E-state index < -0.39 is 16.6 Å². The summed E-state index contributed by atoms with van der Waals surface area (Å²) in [6.07, 6.45) is 5.41. The van der Waals surface area contributed by atoms with Crippen molar-refractivity contribution in [3.8, 4) is 12.3 Å². The molecule has 0 radical (unpaired) electrons. The van der Waals surface area contributed by atoms with Crippen LogP contribution in [0.5, 0.6) is 0 Å². The largest absolute Gasteiger partial charge is 0.411 e. The van der Waals surface area contributed by atoms with Gasteiger partial charge < -0.3 is 8.85 Å². The first kappa shape index (κ1) is 20.9. The van der Waals surface area contributed by atoms with Gasteiger partial charge in [-0.15, -0.1) is 6.42 Å². The molecule has 0 amide bonds. The van der Waals surface area contributed by atoms with Gasteiger partial charge in [-0.2, -0.15) is 0 Å². The molecule has 0 aliphatic rings. The molecule has 0 spiro atoms. The highest BCUT2D eigenvalue weighted by Crippen LogP contribution is 2.40. The number of terminal acetylenes is 1. The first-order valence-electron chi connectivity index (χ1n) is 7.87. The number of hydrogen-bond acceptors (Lipinski definition) is 2. The second-order valence-electron chi connectivity index (χ2n) is 9.05. The Morgan fingerprint density at radius 1 is 0.810 bits per heavy atom. The van der Waals surface area contributed by atoms with Crippen LogP contribution in [0.25, 0.3) is 0 Å². The average Bonchev–Trinajstić information content (AvgIpc) is 2.21. The summed E-state index contributed by atoms with van der Waals surface area (Å²) in [5.41, 5.74) is 0. The third-order valence-electron chi connectivity index (χ3n) is 5.11. The standard InChI is InChI=1S/C17H36O2Si2/c1-13-15(19-21(11,12)17(6,7)8)14(2)18-20(9,10)16(3,4)5/h1,14-15H,2-12H3/t14-,15+/m0/s1. The molecule has 0 aliphatic carbocycles. The Morgan fingerprint density at radius 2 is 1.14 bits per heavy atom. The van der Waals surface area contributed by atoms with Crippen LogP contribution in [0, 0.1) is 12.3 Å². The Balaban J connectivity index is 5.05. The molecule has 0 unspecified atom stereocenters. The van der Waals surface area contributed by atoms with Gasteiger partial charge in [-0.25, -0.2) is 0 Å². The second kappa shape index (κ2) is 6.58. The Hall–Kier alpha value is -0.0862. The maximum atomic E-state index is 6.41. The van der Waals surface area contributed by atoms with Gasteiger partial charge in [0, 0.05) is 0 Å². The predicted molar refractivity (Wildman–Crippen MR) is 98.6 cm³/mol. The molecular formula is C17H36O2Si2. The summed E-state index contributed by atoms with van der Waals surface area (Å²) in [5, 5.41) is 0.330. The second-order valence-corrected chi connectivity index (χ2v) is 18.6. The molecule has 4 heteroatoms. The maximum absolute atomic E-state index is 6.41. The van der Waals surface area contributed by atoms with Crippen LogP contribution < -0.4 is 0 Å². The minimum absolute atomic E-state index is 0.0648. The summed E-state index contributed by atoms with van der Waals surface area (Å²) in [7, 11) is -3.71. The van der Waals surface area contributed by atoms with E-state index in [0.717, 1.165) is 0 Å². The third kappa shape index (κ3) is 5.56. The molecule has 0 aromatic heterocycles. The van der Waals surface area contributed by atoms with Gasteiger partial charge in [-0.05, 0) is 43.2 Å². The van der Waals surface area contributed by atoms with Crippen molar-refractivity contribution >= 4 is 16.6 Å². The minimum atomic E-state index is -1.88. The molecule has 0 aromatic rings. The van der Waals surface area contributed by atoms with Crippen LogP contribution in [0.1, 0.15) is 48.5 Å². The molecule has 124 valence electrons. The molecule has 0 saturated heterocycles. The molecule has 0 aromatic carbocycles. The first-order valence-corrected chi connectivity index (χ1v) is 13.7. The highest BCUT2D eigenvalue weighted by molar-refractivity contribution is 6.74. The van der Waals surface area contributed by atoms with Crippen LogP contribution in [0.15, 0.2) is 0 Å². The number of rotatable bonds is 5. The zero-order chi connectivity index (χ0) is 17.3. The van der Waals surface area contributed by atoms with E-state index in [2.05, 4.69) is 80.6 Å². The molecule has 2 nitrogen and oxygen atoms in total. The Bertz CT molecular complexity index is 381. The van der Waals surface area contributed by atoms with Crippen LogP contribution in [0.2, 0.25) is 36.3 Å². The lowest BCUT2D eigenvalue weighted by Crippen LogP contribution is -2.50.